The van der Waals surface area contributed by atoms with Crippen LogP contribution in [0.5, 0.6) is 0 Å². The van der Waals surface area contributed by atoms with Gasteiger partial charge in [-0.1, -0.05) is 0 Å². The summed E-state index contributed by atoms with van der Waals surface area (Å²) in [6.45, 7) is 0. The Morgan fingerprint density at radius 1 is 1.53 bits per heavy atom. The van der Waals surface area contributed by atoms with Crippen molar-refractivity contribution in [3.8, 4) is 0 Å². The van der Waals surface area contributed by atoms with Gasteiger partial charge < -0.3 is 10.1 Å². The predicted molar refractivity (Wildman–Crippen MR) is 61.7 cm³/mol. The maximum absolute atomic E-state index is 13.2. The lowest BCUT2D eigenvalue weighted by atomic mass is 10.3. The first-order chi connectivity index (χ1) is 8.08. The van der Waals surface area contributed by atoms with Crippen molar-refractivity contribution in [3.05, 3.63) is 34.3 Å². The number of fused-ring (bicyclic) bond motifs is 3. The molecule has 5 nitrogen and oxygen atoms in total. The summed E-state index contributed by atoms with van der Waals surface area (Å²) in [5.41, 5.74) is 1.11. The summed E-state index contributed by atoms with van der Waals surface area (Å²) in [5, 5.41) is 8.92. The number of hydrogen-bond donors (Lipinski definition) is 2. The van der Waals surface area contributed by atoms with Gasteiger partial charge in [0.15, 0.2) is 5.69 Å². The van der Waals surface area contributed by atoms with Gasteiger partial charge in [-0.3, -0.25) is 4.40 Å². The van der Waals surface area contributed by atoms with Gasteiger partial charge in [0.2, 0.25) is 5.78 Å². The zero-order valence-corrected chi connectivity index (χ0v) is 9.82. The number of nitrogens with one attached hydrogen (secondary N) is 1. The average Bonchev–Trinajstić information content (AvgIpc) is 2.76. The largest absolute Gasteiger partial charge is 0.476 e. The number of hydrogen-bond acceptors (Lipinski definition) is 2. The van der Waals surface area contributed by atoms with E-state index in [1.807, 2.05) is 0 Å². The summed E-state index contributed by atoms with van der Waals surface area (Å²) in [7, 11) is 0. The van der Waals surface area contributed by atoms with Crippen molar-refractivity contribution in [3.63, 3.8) is 0 Å². The van der Waals surface area contributed by atoms with Gasteiger partial charge in [0.05, 0.1) is 11.0 Å². The molecule has 2 N–H and O–H groups in total. The molecule has 0 unspecified atom stereocenters. The highest BCUT2D eigenvalue weighted by Crippen LogP contribution is 2.25. The number of carboxylic acid groups (broad SMARTS) is 1. The Morgan fingerprint density at radius 2 is 2.29 bits per heavy atom. The number of H-pyrrole nitrogens is 1. The molecule has 1 aromatic carbocycles. The van der Waals surface area contributed by atoms with E-state index in [1.165, 1.54) is 16.5 Å². The maximum atomic E-state index is 13.2. The predicted octanol–water partition coefficient (Wildman–Crippen LogP) is 2.42. The van der Waals surface area contributed by atoms with Gasteiger partial charge in [0.1, 0.15) is 10.4 Å². The van der Waals surface area contributed by atoms with Crippen LogP contribution in [0.15, 0.2) is 22.8 Å². The lowest BCUT2D eigenvalue weighted by Gasteiger charge is -1.94. The molecule has 0 saturated carbocycles. The van der Waals surface area contributed by atoms with E-state index in [0.717, 1.165) is 0 Å². The number of rotatable bonds is 1. The minimum absolute atomic E-state index is 0.109. The van der Waals surface area contributed by atoms with Crippen molar-refractivity contribution in [2.45, 2.75) is 0 Å². The molecule has 0 atom stereocenters. The molecular formula is C10H5BrFN3O2. The number of carboxylic acids is 1. The Bertz CT molecular complexity index is 762. The van der Waals surface area contributed by atoms with Crippen LogP contribution < -0.4 is 0 Å². The third-order valence-corrected chi connectivity index (χ3v) is 3.20. The van der Waals surface area contributed by atoms with Gasteiger partial charge in [-0.25, -0.2) is 14.2 Å². The highest BCUT2D eigenvalue weighted by atomic mass is 79.9. The maximum Gasteiger partial charge on any atom is 0.357 e. The van der Waals surface area contributed by atoms with E-state index in [0.29, 0.717) is 16.8 Å². The van der Waals surface area contributed by atoms with Gasteiger partial charge in [-0.05, 0) is 28.1 Å². The normalized spacial score (nSPS) is 11.4. The van der Waals surface area contributed by atoms with Crippen molar-refractivity contribution in [2.24, 2.45) is 0 Å². The van der Waals surface area contributed by atoms with E-state index in [1.54, 1.807) is 6.07 Å². The highest BCUT2D eigenvalue weighted by molar-refractivity contribution is 9.10. The van der Waals surface area contributed by atoms with Gasteiger partial charge in [0, 0.05) is 6.07 Å². The average molecular weight is 298 g/mol. The second-order valence-electron chi connectivity index (χ2n) is 3.50. The first kappa shape index (κ1) is 10.3. The zero-order chi connectivity index (χ0) is 12.2. The molecule has 0 aliphatic carbocycles. The summed E-state index contributed by atoms with van der Waals surface area (Å²) in [5.74, 6) is -1.18. The summed E-state index contributed by atoms with van der Waals surface area (Å²) < 4.78 is 15.0. The highest BCUT2D eigenvalue weighted by Gasteiger charge is 2.19. The summed E-state index contributed by atoms with van der Waals surface area (Å²) in [6.07, 6.45) is 0. The Balaban J connectivity index is 2.48. The lowest BCUT2D eigenvalue weighted by molar-refractivity contribution is 0.0690. The summed E-state index contributed by atoms with van der Waals surface area (Å²) >= 11 is 3.15. The second-order valence-corrected chi connectivity index (χ2v) is 4.25. The zero-order valence-electron chi connectivity index (χ0n) is 8.24. The van der Waals surface area contributed by atoms with E-state index < -0.39 is 11.8 Å². The van der Waals surface area contributed by atoms with Crippen molar-refractivity contribution in [2.75, 3.05) is 0 Å². The van der Waals surface area contributed by atoms with Crippen LogP contribution in [0, 0.1) is 5.82 Å². The molecule has 3 rings (SSSR count). The number of imidazole rings is 2. The van der Waals surface area contributed by atoms with Gasteiger partial charge >= 0.3 is 5.97 Å². The van der Waals surface area contributed by atoms with E-state index in [2.05, 4.69) is 25.9 Å². The van der Waals surface area contributed by atoms with Crippen LogP contribution >= 0.6 is 15.9 Å². The molecule has 0 radical (unpaired) electrons. The van der Waals surface area contributed by atoms with E-state index in [4.69, 9.17) is 5.11 Å². The van der Waals surface area contributed by atoms with Crippen molar-refractivity contribution in [1.82, 2.24) is 14.4 Å². The standard InChI is InChI=1S/C10H5BrFN3O2/c11-8-7(9(16)17)14-10-13-5-2-1-4(12)3-6(5)15(8)10/h1-3H,(H,13,14)(H,16,17). The van der Waals surface area contributed by atoms with Gasteiger partial charge in [-0.15, -0.1) is 0 Å². The van der Waals surface area contributed by atoms with Crippen LogP contribution in [0.3, 0.4) is 0 Å². The Morgan fingerprint density at radius 3 is 3.00 bits per heavy atom. The first-order valence-corrected chi connectivity index (χ1v) is 5.45. The molecule has 0 bridgehead atoms. The summed E-state index contributed by atoms with van der Waals surface area (Å²) in [4.78, 5) is 17.7. The van der Waals surface area contributed by atoms with Crippen LogP contribution in [0.4, 0.5) is 4.39 Å². The van der Waals surface area contributed by atoms with Crippen LogP contribution in [0.2, 0.25) is 0 Å². The third-order valence-electron chi connectivity index (χ3n) is 2.47. The van der Waals surface area contributed by atoms with Gasteiger partial charge in [-0.2, -0.15) is 0 Å². The Kier molecular flexibility index (Phi) is 1.99. The van der Waals surface area contributed by atoms with Crippen LogP contribution in [0.25, 0.3) is 16.8 Å². The fourth-order valence-corrected chi connectivity index (χ4v) is 2.37. The molecular weight excluding hydrogens is 293 g/mol. The summed E-state index contributed by atoms with van der Waals surface area (Å²) in [6, 6.07) is 4.22. The number of nitrogens with zero attached hydrogens (tertiary/aromatic N) is 2. The molecule has 0 saturated heterocycles. The van der Waals surface area contributed by atoms with E-state index in [9.17, 15) is 9.18 Å². The molecule has 3 aromatic rings. The number of carbonyl (C=O) groups is 1. The number of benzene rings is 1. The molecule has 0 aliphatic rings. The monoisotopic (exact) mass is 297 g/mol. The number of aromatic nitrogens is 3. The minimum atomic E-state index is -1.14. The SMILES string of the molecule is O=C(O)c1nc2[nH]c3ccc(F)cc3n2c1Br. The topological polar surface area (TPSA) is 70.4 Å². The molecule has 0 aliphatic heterocycles. The fourth-order valence-electron chi connectivity index (χ4n) is 1.76. The number of aromatic carboxylic acids is 1. The minimum Gasteiger partial charge on any atom is -0.476 e. The lowest BCUT2D eigenvalue weighted by Crippen LogP contribution is -1.97. The smallest absolute Gasteiger partial charge is 0.357 e. The molecule has 86 valence electrons. The second kappa shape index (κ2) is 3.30. The molecule has 7 heteroatoms. The Hall–Kier alpha value is -1.89. The first-order valence-electron chi connectivity index (χ1n) is 4.66. The molecule has 0 spiro atoms. The van der Waals surface area contributed by atoms with E-state index >= 15 is 0 Å². The van der Waals surface area contributed by atoms with Crippen molar-refractivity contribution >= 4 is 38.7 Å². The Labute approximate surface area is 102 Å². The van der Waals surface area contributed by atoms with Crippen molar-refractivity contribution < 1.29 is 14.3 Å². The number of aromatic amines is 1. The number of halogens is 2. The van der Waals surface area contributed by atoms with Crippen molar-refractivity contribution in [1.29, 1.82) is 0 Å². The van der Waals surface area contributed by atoms with Gasteiger partial charge in [0.25, 0.3) is 0 Å². The fraction of sp³-hybridized carbons (Fsp3) is 0. The van der Waals surface area contributed by atoms with Crippen LogP contribution in [-0.2, 0) is 0 Å². The van der Waals surface area contributed by atoms with E-state index in [-0.39, 0.29) is 10.3 Å². The van der Waals surface area contributed by atoms with Crippen LogP contribution in [0.1, 0.15) is 10.5 Å². The quantitative estimate of drug-likeness (QED) is 0.725. The molecule has 2 aromatic heterocycles. The molecule has 0 amide bonds. The molecule has 2 heterocycles. The molecule has 17 heavy (non-hydrogen) atoms. The molecule has 0 fully saturated rings. The third kappa shape index (κ3) is 1.35. The van der Waals surface area contributed by atoms with Crippen LogP contribution in [-0.4, -0.2) is 25.4 Å².